The first-order chi connectivity index (χ1) is 14.7. The fraction of sp³-hybridized carbons (Fsp3) is 0.200. The van der Waals surface area contributed by atoms with Crippen LogP contribution in [0.2, 0.25) is 0 Å². The molecule has 4 aromatic rings. The van der Waals surface area contributed by atoms with Crippen LogP contribution in [0.5, 0.6) is 5.75 Å². The van der Waals surface area contributed by atoms with Gasteiger partial charge in [-0.15, -0.1) is 10.2 Å². The fourth-order valence-corrected chi connectivity index (χ4v) is 4.94. The number of nitrogens with one attached hydrogen (secondary N) is 1. The molecule has 0 atom stereocenters. The molecule has 30 heavy (non-hydrogen) atoms. The van der Waals surface area contributed by atoms with Crippen molar-refractivity contribution in [3.05, 3.63) is 48.5 Å². The van der Waals surface area contributed by atoms with Crippen molar-refractivity contribution in [2.45, 2.75) is 11.7 Å². The Morgan fingerprint density at radius 3 is 2.80 bits per heavy atom. The van der Waals surface area contributed by atoms with Gasteiger partial charge in [0.25, 0.3) is 0 Å². The van der Waals surface area contributed by atoms with Crippen LogP contribution in [0.25, 0.3) is 10.2 Å². The smallest absolute Gasteiger partial charge is 0.236 e. The number of carbonyl (C=O) groups excluding carboxylic acids is 1. The lowest BCUT2D eigenvalue weighted by atomic mass is 10.3. The van der Waals surface area contributed by atoms with E-state index in [1.807, 2.05) is 53.1 Å². The Hall–Kier alpha value is -3.11. The molecule has 0 spiro atoms. The number of hydrogen-bond donors (Lipinski definition) is 1. The SMILES string of the molecule is COc1ccc(N2CCn3c(SCC(=O)Nc4nc5ccccc5s4)nnc32)cc1. The number of methoxy groups -OCH3 is 1. The van der Waals surface area contributed by atoms with Crippen LogP contribution in [0.3, 0.4) is 0 Å². The number of fused-ring (bicyclic) bond motifs is 2. The van der Waals surface area contributed by atoms with Gasteiger partial charge in [-0.1, -0.05) is 35.2 Å². The van der Waals surface area contributed by atoms with E-state index in [9.17, 15) is 4.79 Å². The van der Waals surface area contributed by atoms with E-state index in [1.165, 1.54) is 23.1 Å². The van der Waals surface area contributed by atoms with Crippen molar-refractivity contribution in [1.82, 2.24) is 19.7 Å². The van der Waals surface area contributed by atoms with E-state index in [2.05, 4.69) is 25.4 Å². The zero-order chi connectivity index (χ0) is 20.5. The number of anilines is 3. The summed E-state index contributed by atoms with van der Waals surface area (Å²) < 4.78 is 8.31. The van der Waals surface area contributed by atoms with E-state index in [-0.39, 0.29) is 11.7 Å². The molecule has 0 unspecified atom stereocenters. The summed E-state index contributed by atoms with van der Waals surface area (Å²) in [4.78, 5) is 18.9. The maximum absolute atomic E-state index is 12.4. The predicted octanol–water partition coefficient (Wildman–Crippen LogP) is 3.78. The summed E-state index contributed by atoms with van der Waals surface area (Å²) in [5.74, 6) is 1.74. The number of para-hydroxylation sites is 1. The third kappa shape index (κ3) is 3.59. The molecule has 3 heterocycles. The van der Waals surface area contributed by atoms with Crippen LogP contribution in [-0.4, -0.2) is 45.1 Å². The van der Waals surface area contributed by atoms with Gasteiger partial charge in [0.1, 0.15) is 5.75 Å². The Balaban J connectivity index is 1.24. The quantitative estimate of drug-likeness (QED) is 0.459. The van der Waals surface area contributed by atoms with Crippen molar-refractivity contribution in [2.75, 3.05) is 29.6 Å². The second-order valence-electron chi connectivity index (χ2n) is 6.61. The molecule has 0 bridgehead atoms. The van der Waals surface area contributed by atoms with Gasteiger partial charge < -0.3 is 15.0 Å². The van der Waals surface area contributed by atoms with Gasteiger partial charge in [0.2, 0.25) is 11.9 Å². The molecule has 1 aliphatic heterocycles. The molecule has 5 rings (SSSR count). The molecule has 2 aromatic carbocycles. The third-order valence-electron chi connectivity index (χ3n) is 4.74. The van der Waals surface area contributed by atoms with Gasteiger partial charge in [-0.2, -0.15) is 0 Å². The van der Waals surface area contributed by atoms with Crippen molar-refractivity contribution >= 4 is 56.0 Å². The molecule has 152 valence electrons. The number of rotatable bonds is 6. The van der Waals surface area contributed by atoms with Crippen molar-refractivity contribution in [3.8, 4) is 5.75 Å². The van der Waals surface area contributed by atoms with Gasteiger partial charge in [0.15, 0.2) is 10.3 Å². The van der Waals surface area contributed by atoms with Crippen molar-refractivity contribution in [1.29, 1.82) is 0 Å². The summed E-state index contributed by atoms with van der Waals surface area (Å²) in [5, 5.41) is 12.8. The summed E-state index contributed by atoms with van der Waals surface area (Å²) in [6.07, 6.45) is 0. The van der Waals surface area contributed by atoms with Gasteiger partial charge in [-0.25, -0.2) is 4.98 Å². The maximum Gasteiger partial charge on any atom is 0.236 e. The first-order valence-corrected chi connectivity index (χ1v) is 11.1. The van der Waals surface area contributed by atoms with Gasteiger partial charge in [0.05, 0.1) is 23.1 Å². The van der Waals surface area contributed by atoms with Crippen LogP contribution in [0, 0.1) is 0 Å². The Morgan fingerprint density at radius 2 is 2.00 bits per heavy atom. The number of benzene rings is 2. The molecule has 10 heteroatoms. The second-order valence-corrected chi connectivity index (χ2v) is 8.58. The number of nitrogens with zero attached hydrogens (tertiary/aromatic N) is 5. The summed E-state index contributed by atoms with van der Waals surface area (Å²) in [7, 11) is 1.65. The zero-order valence-corrected chi connectivity index (χ0v) is 17.7. The van der Waals surface area contributed by atoms with Crippen LogP contribution in [0.4, 0.5) is 16.8 Å². The van der Waals surface area contributed by atoms with Gasteiger partial charge in [-0.3, -0.25) is 9.36 Å². The van der Waals surface area contributed by atoms with Crippen LogP contribution >= 0.6 is 23.1 Å². The van der Waals surface area contributed by atoms with Gasteiger partial charge in [0, 0.05) is 18.8 Å². The Kier molecular flexibility index (Phi) is 5.01. The van der Waals surface area contributed by atoms with E-state index in [0.29, 0.717) is 5.13 Å². The molecule has 0 saturated carbocycles. The van der Waals surface area contributed by atoms with Crippen molar-refractivity contribution < 1.29 is 9.53 Å². The summed E-state index contributed by atoms with van der Waals surface area (Å²) in [5.41, 5.74) is 1.92. The Bertz CT molecular complexity index is 1170. The molecule has 1 aliphatic rings. The van der Waals surface area contributed by atoms with E-state index in [1.54, 1.807) is 7.11 Å². The number of ether oxygens (including phenoxy) is 1. The minimum Gasteiger partial charge on any atom is -0.497 e. The largest absolute Gasteiger partial charge is 0.497 e. The normalized spacial score (nSPS) is 12.9. The Labute approximate surface area is 180 Å². The average Bonchev–Trinajstić information content (AvgIpc) is 3.47. The van der Waals surface area contributed by atoms with E-state index in [4.69, 9.17) is 4.74 Å². The molecule has 0 fully saturated rings. The lowest BCUT2D eigenvalue weighted by Crippen LogP contribution is -2.14. The third-order valence-corrected chi connectivity index (χ3v) is 6.66. The highest BCUT2D eigenvalue weighted by molar-refractivity contribution is 7.99. The Morgan fingerprint density at radius 1 is 1.17 bits per heavy atom. The number of thiazole rings is 1. The zero-order valence-electron chi connectivity index (χ0n) is 16.1. The monoisotopic (exact) mass is 438 g/mol. The summed E-state index contributed by atoms with van der Waals surface area (Å²) in [6.45, 7) is 1.58. The topological polar surface area (TPSA) is 85.2 Å². The van der Waals surface area contributed by atoms with E-state index < -0.39 is 0 Å². The first kappa shape index (κ1) is 18.9. The molecule has 8 nitrogen and oxygen atoms in total. The highest BCUT2D eigenvalue weighted by Gasteiger charge is 2.26. The summed E-state index contributed by atoms with van der Waals surface area (Å²) >= 11 is 2.85. The molecule has 1 N–H and O–H groups in total. The lowest BCUT2D eigenvalue weighted by Gasteiger charge is -2.15. The molecule has 0 radical (unpaired) electrons. The average molecular weight is 439 g/mol. The minimum absolute atomic E-state index is 0.110. The molecule has 1 amide bonds. The maximum atomic E-state index is 12.4. The number of carbonyl (C=O) groups is 1. The van der Waals surface area contributed by atoms with Crippen LogP contribution in [-0.2, 0) is 11.3 Å². The summed E-state index contributed by atoms with van der Waals surface area (Å²) in [6, 6.07) is 15.7. The molecule has 0 saturated heterocycles. The second kappa shape index (κ2) is 7.96. The number of aromatic nitrogens is 4. The lowest BCUT2D eigenvalue weighted by molar-refractivity contribution is -0.113. The van der Waals surface area contributed by atoms with Crippen LogP contribution < -0.4 is 15.0 Å². The van der Waals surface area contributed by atoms with E-state index >= 15 is 0 Å². The highest BCUT2D eigenvalue weighted by atomic mass is 32.2. The van der Waals surface area contributed by atoms with Gasteiger partial charge in [-0.05, 0) is 36.4 Å². The molecular formula is C20H18N6O2S2. The highest BCUT2D eigenvalue weighted by Crippen LogP contribution is 2.33. The molecule has 0 aliphatic carbocycles. The van der Waals surface area contributed by atoms with Crippen molar-refractivity contribution in [2.24, 2.45) is 0 Å². The fourth-order valence-electron chi connectivity index (χ4n) is 3.30. The molecular weight excluding hydrogens is 420 g/mol. The van der Waals surface area contributed by atoms with Crippen molar-refractivity contribution in [3.63, 3.8) is 0 Å². The minimum atomic E-state index is -0.110. The predicted molar refractivity (Wildman–Crippen MR) is 119 cm³/mol. The van der Waals surface area contributed by atoms with Gasteiger partial charge >= 0.3 is 0 Å². The number of hydrogen-bond acceptors (Lipinski definition) is 8. The standard InChI is InChI=1S/C20H18N6O2S2/c1-28-14-8-6-13(7-9-14)25-10-11-26-19(25)23-24-20(26)29-12-17(27)22-18-21-15-4-2-3-5-16(15)30-18/h2-9H,10-12H2,1H3,(H,21,22,27). The first-order valence-electron chi connectivity index (χ1n) is 9.34. The molecule has 2 aromatic heterocycles. The van der Waals surface area contributed by atoms with Crippen LogP contribution in [0.1, 0.15) is 0 Å². The van der Waals surface area contributed by atoms with Crippen LogP contribution in [0.15, 0.2) is 53.7 Å². The van der Waals surface area contributed by atoms with E-state index in [0.717, 1.165) is 45.8 Å². The number of thioether (sulfide) groups is 1. The number of amides is 1.